The number of rotatable bonds is 4. The van der Waals surface area contributed by atoms with Gasteiger partial charge in [0.05, 0.1) is 18.2 Å². The molecule has 0 saturated carbocycles. The highest BCUT2D eigenvalue weighted by Gasteiger charge is 2.17. The van der Waals surface area contributed by atoms with Crippen molar-refractivity contribution in [1.29, 1.82) is 0 Å². The summed E-state index contributed by atoms with van der Waals surface area (Å²) in [5.41, 5.74) is 1.38. The Morgan fingerprint density at radius 2 is 1.89 bits per heavy atom. The number of methoxy groups -OCH3 is 1. The van der Waals surface area contributed by atoms with E-state index >= 15 is 0 Å². The monoisotopic (exact) mass is 280 g/mol. The molecule has 0 aliphatic carbocycles. The van der Waals surface area contributed by atoms with Crippen LogP contribution in [0.5, 0.6) is 5.75 Å². The van der Waals surface area contributed by atoms with E-state index in [4.69, 9.17) is 16.3 Å². The average Bonchev–Trinajstić information content (AvgIpc) is 2.40. The van der Waals surface area contributed by atoms with E-state index < -0.39 is 6.10 Å². The first kappa shape index (κ1) is 13.8. The molecule has 0 aromatic heterocycles. The van der Waals surface area contributed by atoms with E-state index in [9.17, 15) is 9.50 Å². The zero-order valence-electron chi connectivity index (χ0n) is 10.4. The van der Waals surface area contributed by atoms with Crippen LogP contribution in [0.3, 0.4) is 0 Å². The van der Waals surface area contributed by atoms with Crippen LogP contribution >= 0.6 is 11.6 Å². The lowest BCUT2D eigenvalue weighted by Crippen LogP contribution is -2.05. The van der Waals surface area contributed by atoms with Crippen molar-refractivity contribution in [3.05, 3.63) is 64.4 Å². The predicted octanol–water partition coefficient (Wildman–Crippen LogP) is 3.76. The number of aliphatic hydroxyl groups excluding tert-OH is 1. The third kappa shape index (κ3) is 3.25. The van der Waals surface area contributed by atoms with Crippen molar-refractivity contribution >= 4 is 11.6 Å². The van der Waals surface area contributed by atoms with Gasteiger partial charge in [0.15, 0.2) is 0 Å². The summed E-state index contributed by atoms with van der Waals surface area (Å²) in [5.74, 6) is 0.246. The van der Waals surface area contributed by atoms with E-state index in [1.165, 1.54) is 19.2 Å². The van der Waals surface area contributed by atoms with Crippen LogP contribution in [0.25, 0.3) is 0 Å². The van der Waals surface area contributed by atoms with E-state index in [2.05, 4.69) is 0 Å². The van der Waals surface area contributed by atoms with Crippen LogP contribution < -0.4 is 4.74 Å². The van der Waals surface area contributed by atoms with Crippen LogP contribution in [-0.2, 0) is 6.42 Å². The van der Waals surface area contributed by atoms with Gasteiger partial charge in [0.25, 0.3) is 0 Å². The summed E-state index contributed by atoms with van der Waals surface area (Å²) in [6.07, 6.45) is -0.450. The smallest absolute Gasteiger partial charge is 0.126 e. The lowest BCUT2D eigenvalue weighted by atomic mass is 10.0. The van der Waals surface area contributed by atoms with E-state index in [0.717, 1.165) is 5.56 Å². The Morgan fingerprint density at radius 3 is 2.53 bits per heavy atom. The van der Waals surface area contributed by atoms with Crippen LogP contribution in [0.15, 0.2) is 42.5 Å². The largest absolute Gasteiger partial charge is 0.496 e. The zero-order valence-corrected chi connectivity index (χ0v) is 11.2. The maximum absolute atomic E-state index is 12.8. The van der Waals surface area contributed by atoms with Crippen LogP contribution in [0.4, 0.5) is 4.39 Å². The van der Waals surface area contributed by atoms with Gasteiger partial charge in [0.2, 0.25) is 0 Å². The van der Waals surface area contributed by atoms with Crippen molar-refractivity contribution < 1.29 is 14.2 Å². The molecule has 0 aliphatic heterocycles. The first-order valence-electron chi connectivity index (χ1n) is 5.86. The summed E-state index contributed by atoms with van der Waals surface area (Å²) >= 11 is 6.09. The first-order valence-corrected chi connectivity index (χ1v) is 6.24. The number of ether oxygens (including phenoxy) is 1. The Kier molecular flexibility index (Phi) is 4.40. The van der Waals surface area contributed by atoms with Gasteiger partial charge in [-0.15, -0.1) is 0 Å². The molecule has 100 valence electrons. The summed E-state index contributed by atoms with van der Waals surface area (Å²) in [6.45, 7) is 0. The van der Waals surface area contributed by atoms with Gasteiger partial charge in [0, 0.05) is 12.0 Å². The normalized spacial score (nSPS) is 12.2. The molecule has 0 saturated heterocycles. The van der Waals surface area contributed by atoms with Gasteiger partial charge in [-0.3, -0.25) is 0 Å². The van der Waals surface area contributed by atoms with Gasteiger partial charge in [-0.2, -0.15) is 0 Å². The second-order valence-electron chi connectivity index (χ2n) is 4.20. The molecule has 4 heteroatoms. The minimum atomic E-state index is -0.797. The molecule has 2 aromatic carbocycles. The summed E-state index contributed by atoms with van der Waals surface area (Å²) in [5, 5.41) is 10.7. The number of hydrogen-bond donors (Lipinski definition) is 1. The Labute approximate surface area is 116 Å². The average molecular weight is 281 g/mol. The van der Waals surface area contributed by atoms with Gasteiger partial charge in [-0.1, -0.05) is 29.8 Å². The lowest BCUT2D eigenvalue weighted by molar-refractivity contribution is 0.174. The van der Waals surface area contributed by atoms with Crippen LogP contribution in [-0.4, -0.2) is 12.2 Å². The molecule has 0 fully saturated rings. The quantitative estimate of drug-likeness (QED) is 0.924. The molecule has 1 unspecified atom stereocenters. The van der Waals surface area contributed by atoms with Crippen molar-refractivity contribution in [3.8, 4) is 5.75 Å². The third-order valence-corrected chi connectivity index (χ3v) is 3.24. The minimum absolute atomic E-state index is 0.298. The number of halogens is 2. The molecular formula is C15H14ClFO2. The molecule has 0 heterocycles. The van der Waals surface area contributed by atoms with Gasteiger partial charge >= 0.3 is 0 Å². The SMILES string of the molecule is COc1cccc(Cl)c1C(O)Cc1ccc(F)cc1. The van der Waals surface area contributed by atoms with E-state index in [1.54, 1.807) is 30.3 Å². The zero-order chi connectivity index (χ0) is 13.8. The Hall–Kier alpha value is -1.58. The Balaban J connectivity index is 2.24. The summed E-state index contributed by atoms with van der Waals surface area (Å²) < 4.78 is 18.0. The molecule has 0 aliphatic rings. The minimum Gasteiger partial charge on any atom is -0.496 e. The molecule has 2 nitrogen and oxygen atoms in total. The van der Waals surface area contributed by atoms with Crippen molar-refractivity contribution in [2.75, 3.05) is 7.11 Å². The second kappa shape index (κ2) is 6.04. The topological polar surface area (TPSA) is 29.5 Å². The maximum atomic E-state index is 12.8. The van der Waals surface area contributed by atoms with Crippen LogP contribution in [0, 0.1) is 5.82 Å². The highest BCUT2D eigenvalue weighted by Crippen LogP contribution is 2.33. The molecule has 1 atom stereocenters. The van der Waals surface area contributed by atoms with E-state index in [1.807, 2.05) is 0 Å². The maximum Gasteiger partial charge on any atom is 0.126 e. The van der Waals surface area contributed by atoms with E-state index in [-0.39, 0.29) is 5.82 Å². The molecule has 0 spiro atoms. The number of hydrogen-bond acceptors (Lipinski definition) is 2. The van der Waals surface area contributed by atoms with E-state index in [0.29, 0.717) is 22.8 Å². The van der Waals surface area contributed by atoms with Crippen molar-refractivity contribution in [1.82, 2.24) is 0 Å². The van der Waals surface area contributed by atoms with Gasteiger partial charge < -0.3 is 9.84 Å². The fourth-order valence-corrected chi connectivity index (χ4v) is 2.26. The highest BCUT2D eigenvalue weighted by atomic mass is 35.5. The molecule has 0 bridgehead atoms. The van der Waals surface area contributed by atoms with Crippen LogP contribution in [0.1, 0.15) is 17.2 Å². The van der Waals surface area contributed by atoms with Gasteiger partial charge in [-0.25, -0.2) is 4.39 Å². The Bertz CT molecular complexity index is 555. The summed E-state index contributed by atoms with van der Waals surface area (Å²) in [6, 6.07) is 11.2. The molecule has 19 heavy (non-hydrogen) atoms. The standard InChI is InChI=1S/C15H14ClFO2/c1-19-14-4-2-3-12(16)15(14)13(18)9-10-5-7-11(17)8-6-10/h2-8,13,18H,9H2,1H3. The molecular weight excluding hydrogens is 267 g/mol. The second-order valence-corrected chi connectivity index (χ2v) is 4.61. The Morgan fingerprint density at radius 1 is 1.21 bits per heavy atom. The summed E-state index contributed by atoms with van der Waals surface area (Å²) in [4.78, 5) is 0. The van der Waals surface area contributed by atoms with Crippen LogP contribution in [0.2, 0.25) is 5.02 Å². The highest BCUT2D eigenvalue weighted by molar-refractivity contribution is 6.31. The molecule has 0 radical (unpaired) electrons. The van der Waals surface area contributed by atoms with Gasteiger partial charge in [-0.05, 0) is 29.8 Å². The fourth-order valence-electron chi connectivity index (χ4n) is 1.96. The number of aliphatic hydroxyl groups is 1. The summed E-state index contributed by atoms with van der Waals surface area (Å²) in [7, 11) is 1.53. The third-order valence-electron chi connectivity index (χ3n) is 2.91. The number of benzene rings is 2. The first-order chi connectivity index (χ1) is 9.11. The molecule has 2 aromatic rings. The van der Waals surface area contributed by atoms with Crippen molar-refractivity contribution in [2.45, 2.75) is 12.5 Å². The molecule has 2 rings (SSSR count). The fraction of sp³-hybridized carbons (Fsp3) is 0.200. The lowest BCUT2D eigenvalue weighted by Gasteiger charge is -2.16. The molecule has 1 N–H and O–H groups in total. The molecule has 0 amide bonds. The van der Waals surface area contributed by atoms with Crippen molar-refractivity contribution in [3.63, 3.8) is 0 Å². The van der Waals surface area contributed by atoms with Crippen molar-refractivity contribution in [2.24, 2.45) is 0 Å². The predicted molar refractivity (Wildman–Crippen MR) is 73.1 cm³/mol. The van der Waals surface area contributed by atoms with Gasteiger partial charge in [0.1, 0.15) is 11.6 Å².